The fraction of sp³-hybridized carbons (Fsp3) is 0.267. The molecule has 3 N–H and O–H groups in total. The maximum Gasteiger partial charge on any atom is 0.321 e. The van der Waals surface area contributed by atoms with Gasteiger partial charge in [-0.2, -0.15) is 0 Å². The lowest BCUT2D eigenvalue weighted by molar-refractivity contribution is -0.139. The third-order valence-electron chi connectivity index (χ3n) is 3.05. The molecule has 0 aliphatic carbocycles. The van der Waals surface area contributed by atoms with Gasteiger partial charge in [0.2, 0.25) is 0 Å². The number of benzene rings is 1. The molecular formula is C15H18N2O2. The van der Waals surface area contributed by atoms with Crippen molar-refractivity contribution < 1.29 is 9.90 Å². The van der Waals surface area contributed by atoms with Gasteiger partial charge in [-0.05, 0) is 18.6 Å². The van der Waals surface area contributed by atoms with Gasteiger partial charge in [-0.3, -0.25) is 4.79 Å². The van der Waals surface area contributed by atoms with Crippen LogP contribution in [0, 0.1) is 0 Å². The standard InChI is InChI=1S/C15H18N2O2/c1-10(2)8-16-14(15(18)19)7-11-9-17-13-6-4-3-5-12(11)13/h3-6,9,14,16-17H,1,7-8H2,2H3,(H,18,19)/t14-/m0/s1. The van der Waals surface area contributed by atoms with Crippen LogP contribution in [0.15, 0.2) is 42.6 Å². The molecule has 0 bridgehead atoms. The van der Waals surface area contributed by atoms with E-state index in [9.17, 15) is 9.90 Å². The number of para-hydroxylation sites is 1. The summed E-state index contributed by atoms with van der Waals surface area (Å²) in [5, 5.41) is 13.3. The second kappa shape index (κ2) is 5.71. The number of aromatic nitrogens is 1. The topological polar surface area (TPSA) is 65.1 Å². The molecule has 0 radical (unpaired) electrons. The Morgan fingerprint density at radius 3 is 2.89 bits per heavy atom. The van der Waals surface area contributed by atoms with E-state index in [1.165, 1.54) is 0 Å². The van der Waals surface area contributed by atoms with Gasteiger partial charge < -0.3 is 15.4 Å². The van der Waals surface area contributed by atoms with Crippen molar-refractivity contribution in [1.82, 2.24) is 10.3 Å². The number of aliphatic carboxylic acids is 1. The third kappa shape index (κ3) is 3.23. The van der Waals surface area contributed by atoms with E-state index < -0.39 is 12.0 Å². The number of carboxylic acids is 1. The van der Waals surface area contributed by atoms with Crippen LogP contribution in [0.25, 0.3) is 10.9 Å². The van der Waals surface area contributed by atoms with Crippen molar-refractivity contribution in [2.45, 2.75) is 19.4 Å². The Hall–Kier alpha value is -2.07. The van der Waals surface area contributed by atoms with Crippen molar-refractivity contribution in [3.8, 4) is 0 Å². The van der Waals surface area contributed by atoms with E-state index in [0.717, 1.165) is 22.0 Å². The minimum absolute atomic E-state index is 0.451. The fourth-order valence-electron chi connectivity index (χ4n) is 2.06. The zero-order valence-electron chi connectivity index (χ0n) is 10.9. The molecular weight excluding hydrogens is 240 g/mol. The molecule has 0 amide bonds. The van der Waals surface area contributed by atoms with Gasteiger partial charge >= 0.3 is 5.97 Å². The normalized spacial score (nSPS) is 12.5. The van der Waals surface area contributed by atoms with Gasteiger partial charge in [0.1, 0.15) is 6.04 Å². The molecule has 1 heterocycles. The molecule has 2 rings (SSSR count). The zero-order chi connectivity index (χ0) is 13.8. The summed E-state index contributed by atoms with van der Waals surface area (Å²) in [6.45, 7) is 6.16. The monoisotopic (exact) mass is 258 g/mol. The minimum Gasteiger partial charge on any atom is -0.480 e. The number of fused-ring (bicyclic) bond motifs is 1. The predicted octanol–water partition coefficient (Wildman–Crippen LogP) is 2.33. The molecule has 100 valence electrons. The predicted molar refractivity (Wildman–Crippen MR) is 76.2 cm³/mol. The fourth-order valence-corrected chi connectivity index (χ4v) is 2.06. The summed E-state index contributed by atoms with van der Waals surface area (Å²) in [5.41, 5.74) is 2.96. The van der Waals surface area contributed by atoms with E-state index in [0.29, 0.717) is 13.0 Å². The zero-order valence-corrected chi connectivity index (χ0v) is 10.9. The van der Waals surface area contributed by atoms with Gasteiger partial charge in [0.05, 0.1) is 0 Å². The lowest BCUT2D eigenvalue weighted by Gasteiger charge is -2.14. The second-order valence-electron chi connectivity index (χ2n) is 4.79. The molecule has 19 heavy (non-hydrogen) atoms. The van der Waals surface area contributed by atoms with Gasteiger partial charge in [0.15, 0.2) is 0 Å². The highest BCUT2D eigenvalue weighted by Crippen LogP contribution is 2.19. The first-order valence-corrected chi connectivity index (χ1v) is 6.23. The van der Waals surface area contributed by atoms with E-state index in [1.807, 2.05) is 37.4 Å². The molecule has 0 fully saturated rings. The number of carbonyl (C=O) groups is 1. The van der Waals surface area contributed by atoms with E-state index in [4.69, 9.17) is 0 Å². The van der Waals surface area contributed by atoms with Crippen LogP contribution in [0.5, 0.6) is 0 Å². The van der Waals surface area contributed by atoms with Crippen LogP contribution < -0.4 is 5.32 Å². The van der Waals surface area contributed by atoms with Crippen molar-refractivity contribution in [3.63, 3.8) is 0 Å². The van der Waals surface area contributed by atoms with Gasteiger partial charge in [-0.15, -0.1) is 0 Å². The summed E-state index contributed by atoms with van der Waals surface area (Å²) < 4.78 is 0. The van der Waals surface area contributed by atoms with Gasteiger partial charge in [-0.1, -0.05) is 30.4 Å². The second-order valence-corrected chi connectivity index (χ2v) is 4.79. The Labute approximate surface area is 112 Å². The summed E-state index contributed by atoms with van der Waals surface area (Å²) in [7, 11) is 0. The molecule has 1 aromatic heterocycles. The van der Waals surface area contributed by atoms with Gasteiger partial charge in [0, 0.05) is 30.1 Å². The Kier molecular flexibility index (Phi) is 4.02. The number of rotatable bonds is 6. The smallest absolute Gasteiger partial charge is 0.321 e. The highest BCUT2D eigenvalue weighted by molar-refractivity contribution is 5.84. The first-order valence-electron chi connectivity index (χ1n) is 6.23. The number of hydrogen-bond donors (Lipinski definition) is 3. The molecule has 4 heteroatoms. The SMILES string of the molecule is C=C(C)CN[C@@H](Cc1c[nH]c2ccccc12)C(=O)O. The number of H-pyrrole nitrogens is 1. The highest BCUT2D eigenvalue weighted by Gasteiger charge is 2.18. The third-order valence-corrected chi connectivity index (χ3v) is 3.05. The Morgan fingerprint density at radius 2 is 2.21 bits per heavy atom. The average Bonchev–Trinajstić information content (AvgIpc) is 2.77. The van der Waals surface area contributed by atoms with Crippen LogP contribution >= 0.6 is 0 Å². The largest absolute Gasteiger partial charge is 0.480 e. The number of carboxylic acid groups (broad SMARTS) is 1. The van der Waals surface area contributed by atoms with Crippen LogP contribution in [-0.2, 0) is 11.2 Å². The number of hydrogen-bond acceptors (Lipinski definition) is 2. The molecule has 0 aliphatic rings. The Bertz CT molecular complexity index is 601. The maximum atomic E-state index is 11.3. The molecule has 2 aromatic rings. The molecule has 0 unspecified atom stereocenters. The molecule has 4 nitrogen and oxygen atoms in total. The van der Waals surface area contributed by atoms with Crippen LogP contribution in [0.2, 0.25) is 0 Å². The first-order chi connectivity index (χ1) is 9.08. The lowest BCUT2D eigenvalue weighted by Crippen LogP contribution is -2.39. The molecule has 0 aliphatic heterocycles. The van der Waals surface area contributed by atoms with Gasteiger partial charge in [-0.25, -0.2) is 0 Å². The van der Waals surface area contributed by atoms with E-state index in [-0.39, 0.29) is 0 Å². The molecule has 1 aromatic carbocycles. The molecule has 0 saturated heterocycles. The summed E-state index contributed by atoms with van der Waals surface area (Å²) >= 11 is 0. The van der Waals surface area contributed by atoms with Crippen molar-refractivity contribution >= 4 is 16.9 Å². The first kappa shape index (κ1) is 13.4. The molecule has 0 spiro atoms. The Morgan fingerprint density at radius 1 is 1.47 bits per heavy atom. The summed E-state index contributed by atoms with van der Waals surface area (Å²) in [4.78, 5) is 14.4. The summed E-state index contributed by atoms with van der Waals surface area (Å²) in [5.74, 6) is -0.841. The quantitative estimate of drug-likeness (QED) is 0.697. The number of nitrogens with one attached hydrogen (secondary N) is 2. The molecule has 0 saturated carbocycles. The number of aromatic amines is 1. The van der Waals surface area contributed by atoms with Crippen molar-refractivity contribution in [3.05, 3.63) is 48.2 Å². The van der Waals surface area contributed by atoms with Crippen molar-refractivity contribution in [1.29, 1.82) is 0 Å². The van der Waals surface area contributed by atoms with E-state index >= 15 is 0 Å². The van der Waals surface area contributed by atoms with Crippen LogP contribution in [-0.4, -0.2) is 28.6 Å². The lowest BCUT2D eigenvalue weighted by atomic mass is 10.0. The Balaban J connectivity index is 2.16. The maximum absolute atomic E-state index is 11.3. The van der Waals surface area contributed by atoms with Crippen molar-refractivity contribution in [2.75, 3.05) is 6.54 Å². The van der Waals surface area contributed by atoms with E-state index in [2.05, 4.69) is 16.9 Å². The van der Waals surface area contributed by atoms with Crippen LogP contribution in [0.3, 0.4) is 0 Å². The average molecular weight is 258 g/mol. The molecule has 1 atom stereocenters. The summed E-state index contributed by atoms with van der Waals surface area (Å²) in [6, 6.07) is 7.29. The van der Waals surface area contributed by atoms with Gasteiger partial charge in [0.25, 0.3) is 0 Å². The summed E-state index contributed by atoms with van der Waals surface area (Å²) in [6.07, 6.45) is 2.33. The van der Waals surface area contributed by atoms with Crippen LogP contribution in [0.4, 0.5) is 0 Å². The van der Waals surface area contributed by atoms with Crippen molar-refractivity contribution in [2.24, 2.45) is 0 Å². The van der Waals surface area contributed by atoms with E-state index in [1.54, 1.807) is 0 Å². The minimum atomic E-state index is -0.841. The van der Waals surface area contributed by atoms with Crippen LogP contribution in [0.1, 0.15) is 12.5 Å². The highest BCUT2D eigenvalue weighted by atomic mass is 16.4.